The minimum Gasteiger partial charge on any atom is -0.494 e. The summed E-state index contributed by atoms with van der Waals surface area (Å²) < 4.78 is 11.5. The van der Waals surface area contributed by atoms with E-state index in [4.69, 9.17) is 20.9 Å². The lowest BCUT2D eigenvalue weighted by molar-refractivity contribution is 0.300. The minimum absolute atomic E-state index is 0.712. The highest BCUT2D eigenvalue weighted by atomic mass is 16.5. The average Bonchev–Trinajstić information content (AvgIpc) is 2.64. The number of hydrogen-bond donors (Lipinski definition) is 2. The predicted octanol–water partition coefficient (Wildman–Crippen LogP) is 5.35. The highest BCUT2D eigenvalue weighted by molar-refractivity contribution is 5.51. The van der Waals surface area contributed by atoms with Gasteiger partial charge < -0.3 is 20.9 Å². The number of hydrogen-bond acceptors (Lipinski definition) is 4. The van der Waals surface area contributed by atoms with E-state index in [-0.39, 0.29) is 0 Å². The summed E-state index contributed by atoms with van der Waals surface area (Å²) in [6.07, 6.45) is 8.38. The Kier molecular flexibility index (Phi) is 8.67. The molecule has 0 atom stereocenters. The van der Waals surface area contributed by atoms with Gasteiger partial charge in [-0.1, -0.05) is 44.2 Å². The van der Waals surface area contributed by atoms with Gasteiger partial charge in [0.15, 0.2) is 0 Å². The molecule has 0 spiro atoms. The van der Waals surface area contributed by atoms with Crippen molar-refractivity contribution in [2.45, 2.75) is 51.9 Å². The molecular weight excluding hydrogens is 324 g/mol. The standard InChI is InChI=1S/C22H32N2O2/c1-18-17-19(13-14-20(18)23)25-15-9-5-3-2-4-6-10-16-26-22-12-8-7-11-21(22)24/h7-8,11-14,17H,2-6,9-10,15-16,23-24H2,1H3. The molecule has 2 rings (SSSR count). The second-order valence-corrected chi connectivity index (χ2v) is 6.73. The lowest BCUT2D eigenvalue weighted by Crippen LogP contribution is -2.00. The fourth-order valence-electron chi connectivity index (χ4n) is 2.81. The summed E-state index contributed by atoms with van der Waals surface area (Å²) in [5.74, 6) is 1.71. The van der Waals surface area contributed by atoms with Crippen LogP contribution < -0.4 is 20.9 Å². The fourth-order valence-corrected chi connectivity index (χ4v) is 2.81. The van der Waals surface area contributed by atoms with E-state index in [2.05, 4.69) is 0 Å². The van der Waals surface area contributed by atoms with Crippen LogP contribution in [-0.4, -0.2) is 13.2 Å². The van der Waals surface area contributed by atoms with Crippen molar-refractivity contribution in [3.8, 4) is 11.5 Å². The van der Waals surface area contributed by atoms with Crippen LogP contribution in [0.5, 0.6) is 11.5 Å². The van der Waals surface area contributed by atoms with E-state index in [1.165, 1.54) is 32.1 Å². The first-order chi connectivity index (χ1) is 12.7. The second-order valence-electron chi connectivity index (χ2n) is 6.73. The molecule has 26 heavy (non-hydrogen) atoms. The minimum atomic E-state index is 0.712. The van der Waals surface area contributed by atoms with Crippen LogP contribution in [0.4, 0.5) is 11.4 Å². The third-order valence-corrected chi connectivity index (χ3v) is 4.48. The number of rotatable bonds is 12. The molecule has 0 heterocycles. The second kappa shape index (κ2) is 11.3. The lowest BCUT2D eigenvalue weighted by atomic mass is 10.1. The van der Waals surface area contributed by atoms with Crippen molar-refractivity contribution in [1.82, 2.24) is 0 Å². The van der Waals surface area contributed by atoms with Gasteiger partial charge in [0.25, 0.3) is 0 Å². The number of nitrogen functional groups attached to an aromatic ring is 2. The highest BCUT2D eigenvalue weighted by Gasteiger charge is 1.99. The number of para-hydroxylation sites is 2. The summed E-state index contributed by atoms with van der Waals surface area (Å²) in [7, 11) is 0. The molecule has 2 aromatic rings. The smallest absolute Gasteiger partial charge is 0.142 e. The zero-order valence-corrected chi connectivity index (χ0v) is 15.9. The van der Waals surface area contributed by atoms with Crippen molar-refractivity contribution < 1.29 is 9.47 Å². The topological polar surface area (TPSA) is 70.5 Å². The fraction of sp³-hybridized carbons (Fsp3) is 0.455. The van der Waals surface area contributed by atoms with E-state index in [0.29, 0.717) is 5.69 Å². The number of unbranched alkanes of at least 4 members (excludes halogenated alkanes) is 6. The molecule has 0 radical (unpaired) electrons. The summed E-state index contributed by atoms with van der Waals surface area (Å²) in [6.45, 7) is 3.51. The molecular formula is C22H32N2O2. The summed E-state index contributed by atoms with van der Waals surface area (Å²) in [5, 5.41) is 0. The van der Waals surface area contributed by atoms with Gasteiger partial charge in [-0.15, -0.1) is 0 Å². The molecule has 0 aromatic heterocycles. The van der Waals surface area contributed by atoms with Gasteiger partial charge in [0.05, 0.1) is 18.9 Å². The quantitative estimate of drug-likeness (QED) is 0.397. The van der Waals surface area contributed by atoms with Gasteiger partial charge in [-0.05, 0) is 55.7 Å². The van der Waals surface area contributed by atoms with Crippen LogP contribution in [0.15, 0.2) is 42.5 Å². The molecule has 0 unspecified atom stereocenters. The highest BCUT2D eigenvalue weighted by Crippen LogP contribution is 2.20. The maximum Gasteiger partial charge on any atom is 0.142 e. The zero-order valence-electron chi connectivity index (χ0n) is 15.9. The normalized spacial score (nSPS) is 10.7. The Balaban J connectivity index is 1.41. The zero-order chi connectivity index (χ0) is 18.6. The number of aryl methyl sites for hydroxylation is 1. The van der Waals surface area contributed by atoms with Crippen molar-refractivity contribution in [3.05, 3.63) is 48.0 Å². The first-order valence-corrected chi connectivity index (χ1v) is 9.63. The van der Waals surface area contributed by atoms with Crippen LogP contribution >= 0.6 is 0 Å². The number of anilines is 2. The van der Waals surface area contributed by atoms with Crippen LogP contribution in [0.25, 0.3) is 0 Å². The van der Waals surface area contributed by atoms with Crippen molar-refractivity contribution in [3.63, 3.8) is 0 Å². The maximum absolute atomic E-state index is 5.85. The molecule has 0 aliphatic heterocycles. The Bertz CT molecular complexity index is 658. The lowest BCUT2D eigenvalue weighted by Gasteiger charge is -2.09. The van der Waals surface area contributed by atoms with Gasteiger partial charge in [0.1, 0.15) is 11.5 Å². The third-order valence-electron chi connectivity index (χ3n) is 4.48. The summed E-state index contributed by atoms with van der Waals surface area (Å²) in [5.41, 5.74) is 14.3. The molecule has 0 amide bonds. The van der Waals surface area contributed by atoms with E-state index in [9.17, 15) is 0 Å². The van der Waals surface area contributed by atoms with Crippen LogP contribution in [0.1, 0.15) is 50.5 Å². The van der Waals surface area contributed by atoms with Crippen molar-refractivity contribution in [1.29, 1.82) is 0 Å². The van der Waals surface area contributed by atoms with Gasteiger partial charge >= 0.3 is 0 Å². The SMILES string of the molecule is Cc1cc(OCCCCCCCCCOc2ccccc2N)ccc1N. The largest absolute Gasteiger partial charge is 0.494 e. The predicted molar refractivity (Wildman–Crippen MR) is 110 cm³/mol. The Morgan fingerprint density at radius 2 is 1.31 bits per heavy atom. The molecule has 0 bridgehead atoms. The van der Waals surface area contributed by atoms with E-state index in [0.717, 1.165) is 48.8 Å². The number of benzene rings is 2. The van der Waals surface area contributed by atoms with Crippen LogP contribution in [0.2, 0.25) is 0 Å². The van der Waals surface area contributed by atoms with Crippen molar-refractivity contribution in [2.24, 2.45) is 0 Å². The number of ether oxygens (including phenoxy) is 2. The Morgan fingerprint density at radius 1 is 0.692 bits per heavy atom. The van der Waals surface area contributed by atoms with Gasteiger partial charge in [-0.2, -0.15) is 0 Å². The van der Waals surface area contributed by atoms with Gasteiger partial charge in [-0.3, -0.25) is 0 Å². The Labute approximate surface area is 157 Å². The first kappa shape index (κ1) is 20.0. The molecule has 0 aliphatic carbocycles. The first-order valence-electron chi connectivity index (χ1n) is 9.63. The van der Waals surface area contributed by atoms with E-state index in [1.807, 2.05) is 49.4 Å². The van der Waals surface area contributed by atoms with Gasteiger partial charge in [0.2, 0.25) is 0 Å². The van der Waals surface area contributed by atoms with E-state index < -0.39 is 0 Å². The summed E-state index contributed by atoms with van der Waals surface area (Å²) in [6, 6.07) is 13.5. The molecule has 0 fully saturated rings. The number of nitrogens with two attached hydrogens (primary N) is 2. The molecule has 0 saturated heterocycles. The van der Waals surface area contributed by atoms with Gasteiger partial charge in [0, 0.05) is 5.69 Å². The average molecular weight is 357 g/mol. The van der Waals surface area contributed by atoms with Gasteiger partial charge in [-0.25, -0.2) is 0 Å². The monoisotopic (exact) mass is 356 g/mol. The summed E-state index contributed by atoms with van der Waals surface area (Å²) in [4.78, 5) is 0. The van der Waals surface area contributed by atoms with Crippen molar-refractivity contribution in [2.75, 3.05) is 24.7 Å². The van der Waals surface area contributed by atoms with Crippen LogP contribution in [0, 0.1) is 6.92 Å². The molecule has 142 valence electrons. The van der Waals surface area contributed by atoms with Crippen molar-refractivity contribution >= 4 is 11.4 Å². The molecule has 0 aliphatic rings. The molecule has 2 aromatic carbocycles. The summed E-state index contributed by atoms with van der Waals surface area (Å²) >= 11 is 0. The third kappa shape index (κ3) is 7.26. The molecule has 4 nitrogen and oxygen atoms in total. The molecule has 4 N–H and O–H groups in total. The Morgan fingerprint density at radius 3 is 1.96 bits per heavy atom. The van der Waals surface area contributed by atoms with E-state index in [1.54, 1.807) is 0 Å². The Hall–Kier alpha value is -2.36. The van der Waals surface area contributed by atoms with Crippen LogP contribution in [0.3, 0.4) is 0 Å². The van der Waals surface area contributed by atoms with Crippen LogP contribution in [-0.2, 0) is 0 Å². The van der Waals surface area contributed by atoms with E-state index >= 15 is 0 Å². The molecule has 4 heteroatoms. The maximum atomic E-state index is 5.85. The molecule has 0 saturated carbocycles.